The number of cyclic esters (lactones) is 1. The van der Waals surface area contributed by atoms with E-state index in [0.717, 1.165) is 0 Å². The van der Waals surface area contributed by atoms with Gasteiger partial charge < -0.3 is 216 Å². The molecule has 0 aromatic rings. The van der Waals surface area contributed by atoms with Gasteiger partial charge in [0.25, 0.3) is 0 Å². The molecular weight excluding hydrogens is 1890 g/mol. The molecule has 31 N–H and O–H groups in total. The molecule has 44 nitrogen and oxygen atoms in total. The van der Waals surface area contributed by atoms with Crippen molar-refractivity contribution >= 4 is 5.97 Å². The monoisotopic (exact) mass is 2060 g/mol. The van der Waals surface area contributed by atoms with Gasteiger partial charge in [-0.15, -0.1) is 0 Å². The minimum atomic E-state index is -2.97. The normalized spacial score (nSPS) is 48.7. The molecule has 0 radical (unpaired) electrons. The molecule has 8 saturated heterocycles. The van der Waals surface area contributed by atoms with Gasteiger partial charge in [0, 0.05) is 86.2 Å². The first kappa shape index (κ1) is 124. The van der Waals surface area contributed by atoms with E-state index >= 15 is 0 Å². The van der Waals surface area contributed by atoms with Gasteiger partial charge in [0.15, 0.2) is 49.8 Å². The molecule has 0 spiro atoms. The van der Waals surface area contributed by atoms with Gasteiger partial charge in [0.05, 0.1) is 159 Å². The first-order chi connectivity index (χ1) is 67.0. The first-order valence-electron chi connectivity index (χ1n) is 51.7. The quantitative estimate of drug-likeness (QED) is 0.0201. The van der Waals surface area contributed by atoms with Crippen molar-refractivity contribution in [2.75, 3.05) is 6.61 Å². The van der Waals surface area contributed by atoms with Crippen LogP contribution in [0, 0.1) is 47.3 Å². The number of aliphatic hydroxyl groups is 23. The largest absolute Gasteiger partial charge is 0.461 e. The van der Waals surface area contributed by atoms with Gasteiger partial charge in [-0.1, -0.05) is 97.8 Å². The maximum absolute atomic E-state index is 14.2. The molecule has 9 aliphatic heterocycles. The predicted octanol–water partition coefficient (Wildman–Crippen LogP) is -3.04. The maximum Gasteiger partial charge on any atom is 0.311 e. The number of ether oxygens (including phenoxy) is 16. The second-order valence-corrected chi connectivity index (χ2v) is 43.3. The lowest BCUT2D eigenvalue weighted by atomic mass is 9.82. The molecule has 9 heterocycles. The van der Waals surface area contributed by atoms with Crippen LogP contribution in [0.25, 0.3) is 0 Å². The highest BCUT2D eigenvalue weighted by Crippen LogP contribution is 2.45. The molecule has 57 atom stereocenters. The summed E-state index contributed by atoms with van der Waals surface area (Å²) in [6.45, 7) is 25.5. The molecule has 834 valence electrons. The Hall–Kier alpha value is -2.99. The van der Waals surface area contributed by atoms with Crippen LogP contribution >= 0.6 is 0 Å². The smallest absolute Gasteiger partial charge is 0.311 e. The van der Waals surface area contributed by atoms with E-state index < -0.39 is 367 Å². The summed E-state index contributed by atoms with van der Waals surface area (Å²) in [6.07, 6.45) is -54.2. The number of hydrogen-bond donors (Lipinski definition) is 27. The van der Waals surface area contributed by atoms with Crippen LogP contribution in [-0.4, -0.2) is 429 Å². The molecule has 9 aliphatic rings. The third-order valence-corrected chi connectivity index (χ3v) is 31.4. The lowest BCUT2D eigenvalue weighted by molar-refractivity contribution is -0.405. The highest BCUT2D eigenvalue weighted by atomic mass is 16.8. The molecule has 0 unspecified atom stereocenters. The topological polar surface area (TPSA) is 734 Å². The number of esters is 1. The fourth-order valence-corrected chi connectivity index (χ4v) is 20.6. The number of carbonyl (C=O) groups is 1. The Labute approximate surface area is 839 Å². The Balaban J connectivity index is 0.996. The number of aliphatic hydroxyl groups excluding tert-OH is 22. The molecule has 2 bridgehead atoms. The van der Waals surface area contributed by atoms with E-state index in [9.17, 15) is 122 Å². The van der Waals surface area contributed by atoms with Crippen LogP contribution in [0.5, 0.6) is 0 Å². The Kier molecular flexibility index (Phi) is 48.1. The first-order valence-corrected chi connectivity index (χ1v) is 51.7. The Morgan fingerprint density at radius 3 is 1.65 bits per heavy atom. The van der Waals surface area contributed by atoms with E-state index in [2.05, 4.69) is 0 Å². The van der Waals surface area contributed by atoms with Crippen LogP contribution in [-0.2, 0) is 80.6 Å². The van der Waals surface area contributed by atoms with E-state index in [1.807, 2.05) is 27.7 Å². The highest BCUT2D eigenvalue weighted by Gasteiger charge is 2.60. The summed E-state index contributed by atoms with van der Waals surface area (Å²) in [4.78, 5) is 14.2. The van der Waals surface area contributed by atoms with Gasteiger partial charge in [-0.25, -0.2) is 0 Å². The van der Waals surface area contributed by atoms with Crippen LogP contribution in [0.4, 0.5) is 0 Å². The van der Waals surface area contributed by atoms with Crippen molar-refractivity contribution in [3.63, 3.8) is 0 Å². The standard InChI is InChI=1S/C99H178N4O40/c1-42-22-18-20-26-63(109)47(6)66(112)33-60(108)35-69(136-95-85(122)83(120)81(118)72(41-104)138-95)49(8)70-38-67(113)92(125)99(127,143-70)39-71(43(2)28-30-59(107)32-57(105)25-21-27-64(110)48(7)93(126)135-68(42)34-58(106)24-19-17-23-44(3)77(114)45(4)29-31-65(111)46(5)50(9)128-75-40-98(16,103)91(124)56(15)131-75)137-97-90(142-94-84(121)82(119)76(102)51(10)132-94)89(140-74-37-62(101)79(116)53(12)130-74)87(55(14)134-97)141-96-86(123)88(80(117)54(13)133-96)139-73-36-61(100)78(115)52(11)129-73/h18,20-22,26-27,42-92,94-97,104-125,127H,17,19,23-25,28-41,100-103H2,1-16H3/b22-18+,26-20+,27-21+/t42-,43+,44+,45+,46+,47+,48-,49-,50-,51+,52-,53+,54-,55+,56+,57-,58-,59+,60+,61+,62+,63-,64-,65-,66-,67-,68-,69+,70+,71+,72-,73+,74-,75-,76-,77-,78+,79+,80+,81-,82-,83+,84+,85+,86+,87+,88-,89-,90-,91+,92-,94+,95+,96-,97+,98+,99-/m0/s1. The predicted molar refractivity (Wildman–Crippen MR) is 508 cm³/mol. The third kappa shape index (κ3) is 33.3. The van der Waals surface area contributed by atoms with Gasteiger partial charge >= 0.3 is 5.97 Å². The summed E-state index contributed by atoms with van der Waals surface area (Å²) in [5.74, 6) is -9.61. The van der Waals surface area contributed by atoms with Crippen LogP contribution in [0.3, 0.4) is 0 Å². The Morgan fingerprint density at radius 2 is 1.02 bits per heavy atom. The Morgan fingerprint density at radius 1 is 0.462 bits per heavy atom. The van der Waals surface area contributed by atoms with E-state index in [-0.39, 0.29) is 75.5 Å². The van der Waals surface area contributed by atoms with Crippen LogP contribution in [0.1, 0.15) is 226 Å². The zero-order chi connectivity index (χ0) is 106. The van der Waals surface area contributed by atoms with E-state index in [1.165, 1.54) is 72.8 Å². The lowest BCUT2D eigenvalue weighted by Crippen LogP contribution is -2.68. The summed E-state index contributed by atoms with van der Waals surface area (Å²) in [7, 11) is 0. The fourth-order valence-electron chi connectivity index (χ4n) is 20.6. The molecule has 9 rings (SSSR count). The van der Waals surface area contributed by atoms with Crippen molar-refractivity contribution in [1.82, 2.24) is 0 Å². The van der Waals surface area contributed by atoms with E-state index in [0.29, 0.717) is 32.1 Å². The second-order valence-electron chi connectivity index (χ2n) is 43.3. The minimum Gasteiger partial charge on any atom is -0.461 e. The van der Waals surface area contributed by atoms with Crippen molar-refractivity contribution in [2.24, 2.45) is 70.3 Å². The van der Waals surface area contributed by atoms with Crippen molar-refractivity contribution < 1.29 is 198 Å². The van der Waals surface area contributed by atoms with Gasteiger partial charge in [0.2, 0.25) is 0 Å². The van der Waals surface area contributed by atoms with Crippen molar-refractivity contribution in [1.29, 1.82) is 0 Å². The fraction of sp³-hybridized carbons (Fsp3) is 0.929. The minimum absolute atomic E-state index is 0.0661. The summed E-state index contributed by atoms with van der Waals surface area (Å²) < 4.78 is 102. The number of rotatable bonds is 29. The number of carbonyl (C=O) groups excluding carboxylic acids is 1. The number of nitrogens with two attached hydrogens (primary N) is 4. The van der Waals surface area contributed by atoms with Crippen molar-refractivity contribution in [3.05, 3.63) is 36.5 Å². The molecule has 0 aromatic carbocycles. The van der Waals surface area contributed by atoms with Gasteiger partial charge in [-0.3, -0.25) is 4.79 Å². The number of fused-ring (bicyclic) bond motifs is 2. The van der Waals surface area contributed by atoms with Crippen molar-refractivity contribution in [3.8, 4) is 0 Å². The molecule has 0 aromatic heterocycles. The molecule has 143 heavy (non-hydrogen) atoms. The molecule has 0 saturated carbocycles. The second kappa shape index (κ2) is 55.7. The zero-order valence-corrected chi connectivity index (χ0v) is 85.7. The number of unbranched alkanes of at least 4 members (excludes halogenated alkanes) is 1. The van der Waals surface area contributed by atoms with E-state index in [1.54, 1.807) is 46.8 Å². The third-order valence-electron chi connectivity index (χ3n) is 31.4. The average Bonchev–Trinajstić information content (AvgIpc) is 0.759. The highest BCUT2D eigenvalue weighted by molar-refractivity contribution is 5.73. The maximum atomic E-state index is 14.2. The lowest BCUT2D eigenvalue weighted by Gasteiger charge is -2.52. The molecule has 44 heteroatoms. The molecular formula is C99H178N4O40. The molecule has 0 amide bonds. The number of hydrogen-bond acceptors (Lipinski definition) is 44. The summed E-state index contributed by atoms with van der Waals surface area (Å²) >= 11 is 0. The summed E-state index contributed by atoms with van der Waals surface area (Å²) in [6, 6.07) is -3.05. The van der Waals surface area contributed by atoms with Crippen LogP contribution in [0.15, 0.2) is 36.5 Å². The SMILES string of the molecule is C[C@H]1[C@H](O[C@@H]2O[C@@H](CO)[C@H](O)[C@@H](O)[C@H]2O)C[C@H](O)C[C@H](O)[C@H](C)[C@@H](O)/C=C/C=C/[C@H](C)[C@H](C[C@@H](O)CCCC[C@@H](C)[C@H](O)[C@H](C)CC[C@H](O)[C@H](C)[C@H](C)O[C@@H]2C[C@@](C)(N)[C@H](O)[C@@H](C)O2)OC(=O)[C@@H](C)[C@@H](O)/C=C/C[C@H](O)C[C@H](O)CC[C@@H](C)[C@H](O[C@H]2O[C@H](C)[C@@H](O[C@@H]3O[C@@H](C)[C@@H](O)[C@H](O[C@@H]4C[C@@H](N)[C@H](O)[C@H](C)O4)[C@H]3O)[C@H](O[C@H]3C[C@@H](N)[C@H](O)[C@@H](C)O3)[C@@H]2O[C@H]2O[C@H](C)[C@H](N)[C@H](O)[C@H]2O)C[C@]2(O)O[C@@H]1C[C@H](O)[C@@H]2O. The van der Waals surface area contributed by atoms with Gasteiger partial charge in [-0.05, 0) is 138 Å². The summed E-state index contributed by atoms with van der Waals surface area (Å²) in [5, 5.41) is 267. The summed E-state index contributed by atoms with van der Waals surface area (Å²) in [5.41, 5.74) is 24.6. The van der Waals surface area contributed by atoms with Gasteiger partial charge in [0.1, 0.15) is 85.5 Å². The average molecular weight is 2060 g/mol. The molecule has 8 fully saturated rings. The van der Waals surface area contributed by atoms with Crippen LogP contribution in [0.2, 0.25) is 0 Å². The van der Waals surface area contributed by atoms with Gasteiger partial charge in [-0.2, -0.15) is 0 Å². The zero-order valence-electron chi connectivity index (χ0n) is 85.7. The van der Waals surface area contributed by atoms with Crippen molar-refractivity contribution in [2.45, 2.75) is 526 Å². The van der Waals surface area contributed by atoms with E-state index in [4.69, 9.17) is 98.7 Å². The Bertz CT molecular complexity index is 3770. The molecule has 0 aliphatic carbocycles. The van der Waals surface area contributed by atoms with Crippen LogP contribution < -0.4 is 22.9 Å². The number of allylic oxidation sites excluding steroid dienone is 2.